The van der Waals surface area contributed by atoms with Crippen LogP contribution in [0.3, 0.4) is 0 Å². The molecule has 39 heavy (non-hydrogen) atoms. The quantitative estimate of drug-likeness (QED) is 0.337. The van der Waals surface area contributed by atoms with Crippen LogP contribution < -0.4 is 10.1 Å². The fourth-order valence-corrected chi connectivity index (χ4v) is 5.36. The van der Waals surface area contributed by atoms with Gasteiger partial charge in [-0.2, -0.15) is 5.26 Å². The zero-order valence-corrected chi connectivity index (χ0v) is 22.4. The Hall–Kier alpha value is -4.42. The number of aryl methyl sites for hydroxylation is 1. The summed E-state index contributed by atoms with van der Waals surface area (Å²) < 4.78 is 8.32. The summed E-state index contributed by atoms with van der Waals surface area (Å²) >= 11 is 0. The van der Waals surface area contributed by atoms with Gasteiger partial charge in [0.15, 0.2) is 0 Å². The monoisotopic (exact) mass is 524 g/mol. The number of carboxylic acid groups (broad SMARTS) is 1. The van der Waals surface area contributed by atoms with Crippen LogP contribution in [0.5, 0.6) is 5.88 Å². The molecule has 1 saturated heterocycles. The van der Waals surface area contributed by atoms with Crippen LogP contribution in [-0.2, 0) is 0 Å². The third-order valence-corrected chi connectivity index (χ3v) is 7.34. The van der Waals surface area contributed by atoms with E-state index >= 15 is 0 Å². The molecule has 9 heteroatoms. The maximum absolute atomic E-state index is 11.3. The number of carbonyl (C=O) groups is 1. The molecule has 200 valence electrons. The standard InChI is InChI=1S/C30H32N6O3/c1-19-6-9-24(15-25(19)20(2)33-30(37)38)27-26(23-10-7-21(16-31)8-11-23)34-29(28-32-12-14-36(27)28)39-18-22-5-4-13-35(3)17-22/h6-12,14-15,20,22,33H,4-5,13,17-18H2,1-3H3,(H,37,38)/t20?,22-/m1/s1. The molecule has 0 saturated carbocycles. The zero-order chi connectivity index (χ0) is 27.5. The largest absolute Gasteiger partial charge is 0.475 e. The summed E-state index contributed by atoms with van der Waals surface area (Å²) in [5.41, 5.74) is 6.22. The highest BCUT2D eigenvalue weighted by atomic mass is 16.5. The lowest BCUT2D eigenvalue weighted by molar-refractivity contribution is 0.148. The summed E-state index contributed by atoms with van der Waals surface area (Å²) in [4.78, 5) is 23.3. The molecule has 0 radical (unpaired) electrons. The molecule has 3 heterocycles. The number of benzene rings is 2. The lowest BCUT2D eigenvalue weighted by atomic mass is 9.96. The molecule has 1 unspecified atom stereocenters. The van der Waals surface area contributed by atoms with Crippen LogP contribution in [0.4, 0.5) is 4.79 Å². The number of piperidine rings is 1. The third kappa shape index (κ3) is 5.56. The van der Waals surface area contributed by atoms with Crippen molar-refractivity contribution in [3.63, 3.8) is 0 Å². The van der Waals surface area contributed by atoms with Crippen molar-refractivity contribution in [2.75, 3.05) is 26.7 Å². The summed E-state index contributed by atoms with van der Waals surface area (Å²) in [6.07, 6.45) is 4.81. The van der Waals surface area contributed by atoms with E-state index in [1.54, 1.807) is 18.3 Å². The molecule has 1 aliphatic rings. The molecule has 2 aromatic carbocycles. The normalized spacial score (nSPS) is 16.5. The molecule has 0 bridgehead atoms. The number of nitriles is 1. The van der Waals surface area contributed by atoms with Crippen LogP contribution in [0.2, 0.25) is 0 Å². The molecule has 2 atom stereocenters. The molecule has 9 nitrogen and oxygen atoms in total. The second-order valence-corrected chi connectivity index (χ2v) is 10.2. The molecule has 2 N–H and O–H groups in total. The van der Waals surface area contributed by atoms with Gasteiger partial charge in [0, 0.05) is 36.0 Å². The van der Waals surface area contributed by atoms with Gasteiger partial charge in [0.25, 0.3) is 5.88 Å². The zero-order valence-electron chi connectivity index (χ0n) is 22.4. The predicted molar refractivity (Wildman–Crippen MR) is 149 cm³/mol. The van der Waals surface area contributed by atoms with Gasteiger partial charge in [-0.1, -0.05) is 24.3 Å². The van der Waals surface area contributed by atoms with Gasteiger partial charge in [-0.05, 0) is 69.6 Å². The lowest BCUT2D eigenvalue weighted by Gasteiger charge is -2.29. The Labute approximate surface area is 227 Å². The van der Waals surface area contributed by atoms with Crippen LogP contribution in [0, 0.1) is 24.2 Å². The molecular formula is C30H32N6O3. The highest BCUT2D eigenvalue weighted by Crippen LogP contribution is 2.36. The minimum Gasteiger partial charge on any atom is -0.475 e. The molecular weight excluding hydrogens is 492 g/mol. The SMILES string of the molecule is Cc1ccc(-c2c(-c3ccc(C#N)cc3)nc(OC[C@@H]3CCCN(C)C3)c3nccn23)cc1C(C)NC(=O)O. The van der Waals surface area contributed by atoms with E-state index in [2.05, 4.69) is 28.3 Å². The molecule has 1 aliphatic heterocycles. The smallest absolute Gasteiger partial charge is 0.405 e. The first-order valence-electron chi connectivity index (χ1n) is 13.1. The van der Waals surface area contributed by atoms with Crippen molar-refractivity contribution in [1.29, 1.82) is 5.26 Å². The first-order chi connectivity index (χ1) is 18.8. The van der Waals surface area contributed by atoms with Gasteiger partial charge in [-0.25, -0.2) is 14.8 Å². The molecule has 0 spiro atoms. The van der Waals surface area contributed by atoms with Crippen molar-refractivity contribution in [3.8, 4) is 34.5 Å². The van der Waals surface area contributed by atoms with E-state index in [1.165, 1.54) is 0 Å². The van der Waals surface area contributed by atoms with Crippen LogP contribution in [-0.4, -0.2) is 57.2 Å². The van der Waals surface area contributed by atoms with Crippen LogP contribution >= 0.6 is 0 Å². The number of hydrogen-bond donors (Lipinski definition) is 2. The number of imidazole rings is 1. The molecule has 1 fully saturated rings. The van der Waals surface area contributed by atoms with Gasteiger partial charge >= 0.3 is 6.09 Å². The minimum absolute atomic E-state index is 0.400. The van der Waals surface area contributed by atoms with Crippen LogP contribution in [0.1, 0.15) is 42.5 Å². The van der Waals surface area contributed by atoms with Gasteiger partial charge in [-0.15, -0.1) is 0 Å². The van der Waals surface area contributed by atoms with E-state index in [0.717, 1.165) is 53.9 Å². The van der Waals surface area contributed by atoms with Crippen molar-refractivity contribution in [3.05, 3.63) is 71.5 Å². The molecule has 1 amide bonds. The van der Waals surface area contributed by atoms with Crippen molar-refractivity contribution in [2.45, 2.75) is 32.7 Å². The number of rotatable bonds is 7. The highest BCUT2D eigenvalue weighted by molar-refractivity contribution is 5.82. The summed E-state index contributed by atoms with van der Waals surface area (Å²) in [7, 11) is 2.14. The molecule has 4 aromatic rings. The average Bonchev–Trinajstić information content (AvgIpc) is 3.41. The molecule has 5 rings (SSSR count). The van der Waals surface area contributed by atoms with E-state index in [0.29, 0.717) is 35.3 Å². The van der Waals surface area contributed by atoms with Gasteiger partial charge in [0.2, 0.25) is 5.65 Å². The first kappa shape index (κ1) is 26.2. The maximum atomic E-state index is 11.3. The van der Waals surface area contributed by atoms with Gasteiger partial charge in [-0.3, -0.25) is 4.40 Å². The Morgan fingerprint density at radius 1 is 1.26 bits per heavy atom. The van der Waals surface area contributed by atoms with E-state index in [1.807, 2.05) is 54.8 Å². The highest BCUT2D eigenvalue weighted by Gasteiger charge is 2.23. The topological polar surface area (TPSA) is 116 Å². The van der Waals surface area contributed by atoms with Gasteiger partial charge in [0.05, 0.1) is 35.7 Å². The van der Waals surface area contributed by atoms with Gasteiger partial charge in [0.1, 0.15) is 0 Å². The maximum Gasteiger partial charge on any atom is 0.405 e. The number of ether oxygens (including phenoxy) is 1. The van der Waals surface area contributed by atoms with E-state index in [4.69, 9.17) is 9.72 Å². The fourth-order valence-electron chi connectivity index (χ4n) is 5.36. The molecule has 2 aromatic heterocycles. The Kier molecular flexibility index (Phi) is 7.48. The molecule has 0 aliphatic carbocycles. The second kappa shape index (κ2) is 11.1. The number of likely N-dealkylation sites (tertiary alicyclic amines) is 1. The number of fused-ring (bicyclic) bond motifs is 1. The summed E-state index contributed by atoms with van der Waals surface area (Å²) in [5, 5.41) is 21.2. The van der Waals surface area contributed by atoms with E-state index in [-0.39, 0.29) is 0 Å². The van der Waals surface area contributed by atoms with Crippen LogP contribution in [0.15, 0.2) is 54.9 Å². The van der Waals surface area contributed by atoms with Crippen molar-refractivity contribution < 1.29 is 14.6 Å². The second-order valence-electron chi connectivity index (χ2n) is 10.2. The van der Waals surface area contributed by atoms with E-state index in [9.17, 15) is 15.2 Å². The summed E-state index contributed by atoms with van der Waals surface area (Å²) in [5.74, 6) is 0.881. The van der Waals surface area contributed by atoms with Crippen molar-refractivity contribution in [1.82, 2.24) is 24.6 Å². The van der Waals surface area contributed by atoms with E-state index < -0.39 is 12.1 Å². The Balaban J connectivity index is 1.64. The number of aromatic nitrogens is 3. The third-order valence-electron chi connectivity index (χ3n) is 7.34. The van der Waals surface area contributed by atoms with Crippen molar-refractivity contribution >= 4 is 11.7 Å². The predicted octanol–water partition coefficient (Wildman–Crippen LogP) is 5.29. The Bertz CT molecular complexity index is 1540. The number of nitrogens with one attached hydrogen (secondary N) is 1. The van der Waals surface area contributed by atoms with Crippen LogP contribution in [0.25, 0.3) is 28.2 Å². The Morgan fingerprint density at radius 3 is 2.74 bits per heavy atom. The number of hydrogen-bond acceptors (Lipinski definition) is 6. The minimum atomic E-state index is -1.07. The number of nitrogens with zero attached hydrogens (tertiary/aromatic N) is 5. The van der Waals surface area contributed by atoms with Gasteiger partial charge < -0.3 is 20.1 Å². The lowest BCUT2D eigenvalue weighted by Crippen LogP contribution is -2.34. The summed E-state index contributed by atoms with van der Waals surface area (Å²) in [6, 6.07) is 15.1. The first-order valence-corrected chi connectivity index (χ1v) is 13.1. The average molecular weight is 525 g/mol. The Morgan fingerprint density at radius 2 is 2.03 bits per heavy atom. The fraction of sp³-hybridized carbons (Fsp3) is 0.333. The summed E-state index contributed by atoms with van der Waals surface area (Å²) in [6.45, 7) is 6.44. The number of amides is 1. The van der Waals surface area contributed by atoms with Crippen molar-refractivity contribution in [2.24, 2.45) is 5.92 Å².